The van der Waals surface area contributed by atoms with Gasteiger partial charge in [0.1, 0.15) is 18.4 Å². The molecule has 0 fully saturated rings. The van der Waals surface area contributed by atoms with Crippen LogP contribution in [0.4, 0.5) is 0 Å². The number of benzene rings is 1. The minimum absolute atomic E-state index is 0.0158. The monoisotopic (exact) mass is 452 g/mol. The molecule has 2 aromatic rings. The number of rotatable bonds is 11. The number of guanidine groups is 1. The van der Waals surface area contributed by atoms with E-state index in [0.29, 0.717) is 32.6 Å². The second kappa shape index (κ2) is 12.0. The molecule has 1 atom stereocenters. The Morgan fingerprint density at radius 2 is 2.09 bits per heavy atom. The molecule has 9 heteroatoms. The van der Waals surface area contributed by atoms with Crippen molar-refractivity contribution in [2.45, 2.75) is 32.2 Å². The lowest BCUT2D eigenvalue weighted by Crippen LogP contribution is -2.39. The van der Waals surface area contributed by atoms with Crippen LogP contribution in [0, 0.1) is 10.8 Å². The van der Waals surface area contributed by atoms with E-state index in [1.165, 1.54) is 6.33 Å². The normalized spacial score (nSPS) is 17.6. The Bertz CT molecular complexity index is 971. The highest BCUT2D eigenvalue weighted by molar-refractivity contribution is 5.95. The lowest BCUT2D eigenvalue weighted by Gasteiger charge is -2.35. The highest BCUT2D eigenvalue weighted by Gasteiger charge is 2.35. The van der Waals surface area contributed by atoms with E-state index >= 15 is 0 Å². The van der Waals surface area contributed by atoms with Gasteiger partial charge in [-0.15, -0.1) is 0 Å². The maximum Gasteiger partial charge on any atom is 0.226 e. The van der Waals surface area contributed by atoms with E-state index in [1.807, 2.05) is 18.2 Å². The summed E-state index contributed by atoms with van der Waals surface area (Å²) in [5.74, 6) is 0.669. The van der Waals surface area contributed by atoms with E-state index in [4.69, 9.17) is 14.9 Å². The average molecular weight is 453 g/mol. The highest BCUT2D eigenvalue weighted by Crippen LogP contribution is 2.42. The topological polar surface area (TPSA) is 114 Å². The van der Waals surface area contributed by atoms with Crippen molar-refractivity contribution < 1.29 is 14.3 Å². The van der Waals surface area contributed by atoms with Crippen molar-refractivity contribution in [3.63, 3.8) is 0 Å². The molecule has 1 aromatic carbocycles. The zero-order valence-electron chi connectivity index (χ0n) is 19.2. The van der Waals surface area contributed by atoms with Gasteiger partial charge in [0.15, 0.2) is 5.96 Å². The fraction of sp³-hybridized carbons (Fsp3) is 0.417. The predicted octanol–water partition coefficient (Wildman–Crippen LogP) is 2.74. The Balaban J connectivity index is 1.85. The van der Waals surface area contributed by atoms with E-state index < -0.39 is 0 Å². The molecular weight excluding hydrogens is 420 g/mol. The van der Waals surface area contributed by atoms with E-state index in [-0.39, 0.29) is 23.7 Å². The summed E-state index contributed by atoms with van der Waals surface area (Å²) in [4.78, 5) is 16.5. The molecule has 0 saturated heterocycles. The van der Waals surface area contributed by atoms with Crippen LogP contribution in [0.15, 0.2) is 60.9 Å². The van der Waals surface area contributed by atoms with Gasteiger partial charge in [0, 0.05) is 51.0 Å². The van der Waals surface area contributed by atoms with E-state index in [1.54, 1.807) is 25.2 Å². The van der Waals surface area contributed by atoms with Crippen LogP contribution in [0.2, 0.25) is 0 Å². The van der Waals surface area contributed by atoms with Crippen molar-refractivity contribution in [1.29, 1.82) is 5.41 Å². The zero-order valence-corrected chi connectivity index (χ0v) is 19.2. The first-order valence-electron chi connectivity index (χ1n) is 11.0. The Morgan fingerprint density at radius 1 is 1.27 bits per heavy atom. The van der Waals surface area contributed by atoms with Crippen molar-refractivity contribution in [2.75, 3.05) is 27.4 Å². The zero-order chi connectivity index (χ0) is 23.5. The second-order valence-corrected chi connectivity index (χ2v) is 8.04. The van der Waals surface area contributed by atoms with E-state index in [9.17, 15) is 4.79 Å². The number of carbonyl (C=O) groups excluding carboxylic acids is 1. The average Bonchev–Trinajstić information content (AvgIpc) is 3.34. The predicted molar refractivity (Wildman–Crippen MR) is 126 cm³/mol. The second-order valence-electron chi connectivity index (χ2n) is 8.04. The molecule has 1 aliphatic carbocycles. The van der Waals surface area contributed by atoms with Gasteiger partial charge in [-0.05, 0) is 12.0 Å². The third-order valence-electron chi connectivity index (χ3n) is 5.58. The Kier molecular flexibility index (Phi) is 8.77. The fourth-order valence-corrected chi connectivity index (χ4v) is 3.85. The van der Waals surface area contributed by atoms with Crippen LogP contribution in [0.1, 0.15) is 31.2 Å². The van der Waals surface area contributed by atoms with Crippen LogP contribution < -0.4 is 10.6 Å². The van der Waals surface area contributed by atoms with E-state index in [0.717, 1.165) is 23.3 Å². The highest BCUT2D eigenvalue weighted by atomic mass is 16.5. The van der Waals surface area contributed by atoms with Gasteiger partial charge in [-0.1, -0.05) is 42.5 Å². The number of amides is 1. The minimum Gasteiger partial charge on any atom is -0.497 e. The molecule has 0 saturated carbocycles. The summed E-state index contributed by atoms with van der Waals surface area (Å²) in [5.41, 5.74) is 1.75. The molecule has 3 rings (SSSR count). The number of nitrogens with zero attached hydrogens (tertiary/aromatic N) is 3. The van der Waals surface area contributed by atoms with Crippen molar-refractivity contribution in [2.24, 2.45) is 5.41 Å². The molecule has 0 spiro atoms. The van der Waals surface area contributed by atoms with Gasteiger partial charge in [0.05, 0.1) is 13.2 Å². The number of methoxy groups -OCH3 is 1. The summed E-state index contributed by atoms with van der Waals surface area (Å²) in [6.07, 6.45) is 9.69. The van der Waals surface area contributed by atoms with Crippen LogP contribution in [-0.2, 0) is 20.8 Å². The third-order valence-corrected chi connectivity index (χ3v) is 5.58. The quantitative estimate of drug-likeness (QED) is 0.274. The molecule has 3 N–H and O–H groups in total. The van der Waals surface area contributed by atoms with Crippen LogP contribution >= 0.6 is 0 Å². The van der Waals surface area contributed by atoms with Gasteiger partial charge in [-0.25, -0.2) is 4.98 Å². The number of aromatic nitrogens is 3. The van der Waals surface area contributed by atoms with Gasteiger partial charge < -0.3 is 14.8 Å². The van der Waals surface area contributed by atoms with Gasteiger partial charge in [-0.2, -0.15) is 5.10 Å². The first-order valence-corrected chi connectivity index (χ1v) is 11.0. The van der Waals surface area contributed by atoms with Crippen molar-refractivity contribution in [1.82, 2.24) is 25.4 Å². The number of nitrogens with one attached hydrogen (secondary N) is 3. The first kappa shape index (κ1) is 24.2. The summed E-state index contributed by atoms with van der Waals surface area (Å²) < 4.78 is 13.2. The fourth-order valence-electron chi connectivity index (χ4n) is 3.85. The Labute approximate surface area is 194 Å². The van der Waals surface area contributed by atoms with Crippen molar-refractivity contribution in [3.8, 4) is 0 Å². The first-order chi connectivity index (χ1) is 16.0. The van der Waals surface area contributed by atoms with Gasteiger partial charge >= 0.3 is 0 Å². The lowest BCUT2D eigenvalue weighted by molar-refractivity contribution is -0.120. The van der Waals surface area contributed by atoms with Crippen LogP contribution in [0.5, 0.6) is 0 Å². The van der Waals surface area contributed by atoms with Gasteiger partial charge in [-0.3, -0.25) is 20.2 Å². The van der Waals surface area contributed by atoms with Crippen LogP contribution in [0.25, 0.3) is 5.57 Å². The smallest absolute Gasteiger partial charge is 0.226 e. The molecule has 1 amide bonds. The molecule has 176 valence electrons. The van der Waals surface area contributed by atoms with E-state index in [2.05, 4.69) is 45.0 Å². The number of ether oxygens (including phenoxy) is 2. The standard InChI is InChI=1S/C24H32N6O3/c1-26-23(25)29-22(31)10-12-24(16-30-18-27-17-28-30)11-9-20(19-7-4-3-5-8-19)21(15-24)33-14-6-13-32-2/h3-5,7-9,11,17-18H,6,10,12-16H2,1-2H3,(H3,25,26,29,31). The number of allylic oxidation sites excluding steroid dienone is 4. The molecule has 1 heterocycles. The molecule has 0 radical (unpaired) electrons. The number of hydrogen-bond acceptors (Lipinski definition) is 6. The Morgan fingerprint density at radius 3 is 2.79 bits per heavy atom. The molecule has 1 unspecified atom stereocenters. The number of carbonyl (C=O) groups is 1. The van der Waals surface area contributed by atoms with Gasteiger partial charge in [0.2, 0.25) is 5.91 Å². The molecule has 1 aliphatic rings. The summed E-state index contributed by atoms with van der Waals surface area (Å²) in [6, 6.07) is 10.2. The molecule has 0 bridgehead atoms. The Hall–Kier alpha value is -3.46. The molecule has 9 nitrogen and oxygen atoms in total. The third kappa shape index (κ3) is 7.01. The lowest BCUT2D eigenvalue weighted by atomic mass is 9.74. The summed E-state index contributed by atoms with van der Waals surface area (Å²) in [7, 11) is 3.28. The number of hydrogen-bond donors (Lipinski definition) is 3. The van der Waals surface area contributed by atoms with Crippen LogP contribution in [-0.4, -0.2) is 54.0 Å². The maximum absolute atomic E-state index is 12.4. The molecular formula is C24H32N6O3. The molecule has 1 aromatic heterocycles. The minimum atomic E-state index is -0.387. The largest absolute Gasteiger partial charge is 0.497 e. The summed E-state index contributed by atoms with van der Waals surface area (Å²) >= 11 is 0. The maximum atomic E-state index is 12.4. The summed E-state index contributed by atoms with van der Waals surface area (Å²) in [6.45, 7) is 1.74. The van der Waals surface area contributed by atoms with Crippen molar-refractivity contribution in [3.05, 3.63) is 66.5 Å². The van der Waals surface area contributed by atoms with Crippen molar-refractivity contribution >= 4 is 17.4 Å². The summed E-state index contributed by atoms with van der Waals surface area (Å²) in [5, 5.41) is 17.1. The molecule has 0 aliphatic heterocycles. The SMILES string of the molecule is CNC(=N)NC(=O)CCC1(Cn2cncn2)C=CC(c2ccccc2)=C(OCCCOC)C1. The van der Waals surface area contributed by atoms with Crippen LogP contribution in [0.3, 0.4) is 0 Å². The molecule has 33 heavy (non-hydrogen) atoms. The van der Waals surface area contributed by atoms with Gasteiger partial charge in [0.25, 0.3) is 0 Å².